The Morgan fingerprint density at radius 1 is 0.261 bits per heavy atom. The van der Waals surface area contributed by atoms with Crippen molar-refractivity contribution in [2.24, 2.45) is 0 Å². The highest BCUT2D eigenvalue weighted by atomic mass is 32.1. The SMILES string of the molecule is Cc1ccc(-c2ccc(-c3cc4c(s3)-c3c(C)c5c(c(C)c3C4C)-c3sc(-c4ccc(-c6ccc(C)s6)s4)cc3C5C)s2)s1.Cc1ccc(-c2ccc(-c3cc4c(s3)-c3cc5c(cc3C4(C)C)-c3sc(-c4ccc(-c6ccc(C)s6)s4)cc3C5(C)C)s2)s1. The van der Waals surface area contributed by atoms with Crippen molar-refractivity contribution in [3.8, 4) is 120 Å². The van der Waals surface area contributed by atoms with Crippen LogP contribution in [0.25, 0.3) is 120 Å². The van der Waals surface area contributed by atoms with E-state index in [2.05, 4.69) is 217 Å². The molecule has 4 aliphatic carbocycles. The third-order valence-electron chi connectivity index (χ3n) is 19.0. The molecule has 2 atom stereocenters. The maximum Gasteiger partial charge on any atom is 0.0452 e. The molecular formula is C76H60S12. The summed E-state index contributed by atoms with van der Waals surface area (Å²) in [5.41, 5.74) is 21.0. The van der Waals surface area contributed by atoms with E-state index in [4.69, 9.17) is 0 Å². The zero-order valence-corrected chi connectivity index (χ0v) is 60.6. The molecule has 12 heteroatoms. The Bertz CT molecular complexity index is 4850. The van der Waals surface area contributed by atoms with E-state index >= 15 is 0 Å². The molecule has 18 rings (SSSR count). The average molecular weight is 1360 g/mol. The van der Waals surface area contributed by atoms with Crippen molar-refractivity contribution in [2.75, 3.05) is 0 Å². The van der Waals surface area contributed by atoms with E-state index in [0.717, 1.165) is 0 Å². The largest absolute Gasteiger partial charge is 0.140 e. The first-order valence-electron chi connectivity index (χ1n) is 30.0. The van der Waals surface area contributed by atoms with Crippen molar-refractivity contribution >= 4 is 136 Å². The van der Waals surface area contributed by atoms with Gasteiger partial charge in [-0.2, -0.15) is 0 Å². The lowest BCUT2D eigenvalue weighted by molar-refractivity contribution is 0.653. The molecule has 0 bridgehead atoms. The Labute approximate surface area is 564 Å². The second-order valence-electron chi connectivity index (χ2n) is 25.3. The lowest BCUT2D eigenvalue weighted by Gasteiger charge is -2.24. The highest BCUT2D eigenvalue weighted by molar-refractivity contribution is 7.30. The van der Waals surface area contributed by atoms with Gasteiger partial charge in [-0.1, -0.05) is 41.5 Å². The van der Waals surface area contributed by atoms with E-state index < -0.39 is 0 Å². The predicted molar refractivity (Wildman–Crippen MR) is 400 cm³/mol. The fourth-order valence-electron chi connectivity index (χ4n) is 14.4. The highest BCUT2D eigenvalue weighted by Crippen LogP contribution is 2.64. The van der Waals surface area contributed by atoms with Gasteiger partial charge in [0.05, 0.1) is 0 Å². The molecule has 0 aliphatic heterocycles. The lowest BCUT2D eigenvalue weighted by Crippen LogP contribution is -2.16. The molecule has 0 amide bonds. The minimum Gasteiger partial charge on any atom is -0.140 e. The number of hydrogen-bond donors (Lipinski definition) is 0. The number of hydrogen-bond acceptors (Lipinski definition) is 12. The molecule has 2 unspecified atom stereocenters. The maximum atomic E-state index is 2.56. The van der Waals surface area contributed by atoms with E-state index in [-0.39, 0.29) is 10.8 Å². The van der Waals surface area contributed by atoms with Gasteiger partial charge in [0.15, 0.2) is 0 Å². The van der Waals surface area contributed by atoms with E-state index in [1.54, 1.807) is 11.1 Å². The molecule has 0 saturated carbocycles. The van der Waals surface area contributed by atoms with Crippen LogP contribution >= 0.6 is 136 Å². The molecule has 14 aromatic rings. The van der Waals surface area contributed by atoms with Gasteiger partial charge < -0.3 is 0 Å². The number of rotatable bonds is 8. The lowest BCUT2D eigenvalue weighted by atomic mass is 9.79. The van der Waals surface area contributed by atoms with Gasteiger partial charge in [-0.15, -0.1) is 136 Å². The van der Waals surface area contributed by atoms with Crippen LogP contribution in [0, 0.1) is 41.5 Å². The molecule has 2 aromatic carbocycles. The third-order valence-corrected chi connectivity index (χ3v) is 33.6. The number of benzene rings is 2. The third kappa shape index (κ3) is 8.74. The van der Waals surface area contributed by atoms with Crippen molar-refractivity contribution in [1.29, 1.82) is 0 Å². The van der Waals surface area contributed by atoms with Gasteiger partial charge in [0, 0.05) is 140 Å². The monoisotopic (exact) mass is 1360 g/mol. The average Bonchev–Trinajstić information content (AvgIpc) is 1.62. The van der Waals surface area contributed by atoms with E-state index in [1.165, 1.54) is 184 Å². The van der Waals surface area contributed by atoms with Gasteiger partial charge in [-0.05, 0) is 253 Å². The Hall–Kier alpha value is -5.16. The Kier molecular flexibility index (Phi) is 13.3. The van der Waals surface area contributed by atoms with Crippen molar-refractivity contribution in [3.05, 3.63) is 209 Å². The second-order valence-corrected chi connectivity index (χ2v) is 39.0. The molecular weight excluding hydrogens is 1300 g/mol. The van der Waals surface area contributed by atoms with Gasteiger partial charge in [0.25, 0.3) is 0 Å². The number of thiophene rings is 12. The summed E-state index contributed by atoms with van der Waals surface area (Å²) in [7, 11) is 0. The van der Waals surface area contributed by atoms with Crippen LogP contribution in [-0.2, 0) is 10.8 Å². The van der Waals surface area contributed by atoms with Crippen LogP contribution < -0.4 is 0 Å². The summed E-state index contributed by atoms with van der Waals surface area (Å²) >= 11 is 23.3. The number of aryl methyl sites for hydroxylation is 4. The van der Waals surface area contributed by atoms with Gasteiger partial charge in [0.2, 0.25) is 0 Å². The van der Waals surface area contributed by atoms with Crippen LogP contribution in [0.15, 0.2) is 133 Å². The van der Waals surface area contributed by atoms with Gasteiger partial charge in [-0.3, -0.25) is 0 Å². The Morgan fingerprint density at radius 2 is 0.511 bits per heavy atom. The minimum absolute atomic E-state index is 0.0200. The fourth-order valence-corrected chi connectivity index (χ4v) is 28.1. The summed E-state index contributed by atoms with van der Waals surface area (Å²) in [6, 6.07) is 51.6. The Morgan fingerprint density at radius 3 is 0.795 bits per heavy atom. The fraction of sp³-hybridized carbons (Fsp3) is 0.211. The van der Waals surface area contributed by atoms with Crippen LogP contribution in [0.2, 0.25) is 0 Å². The van der Waals surface area contributed by atoms with E-state index in [0.29, 0.717) is 11.8 Å². The smallest absolute Gasteiger partial charge is 0.0452 e. The molecule has 0 saturated heterocycles. The van der Waals surface area contributed by atoms with E-state index in [9.17, 15) is 0 Å². The van der Waals surface area contributed by atoms with Gasteiger partial charge >= 0.3 is 0 Å². The molecule has 436 valence electrons. The minimum atomic E-state index is -0.0200. The molecule has 0 spiro atoms. The summed E-state index contributed by atoms with van der Waals surface area (Å²) in [6.45, 7) is 28.2. The molecule has 88 heavy (non-hydrogen) atoms. The molecule has 0 fully saturated rings. The summed E-state index contributed by atoms with van der Waals surface area (Å²) in [6.07, 6.45) is 0. The first kappa shape index (κ1) is 56.8. The zero-order chi connectivity index (χ0) is 60.1. The van der Waals surface area contributed by atoms with Crippen LogP contribution in [0.1, 0.15) is 129 Å². The molecule has 12 aromatic heterocycles. The molecule has 4 aliphatic rings. The van der Waals surface area contributed by atoms with Crippen LogP contribution in [-0.4, -0.2) is 0 Å². The van der Waals surface area contributed by atoms with Crippen LogP contribution in [0.4, 0.5) is 0 Å². The first-order valence-corrected chi connectivity index (χ1v) is 39.8. The topological polar surface area (TPSA) is 0 Å². The summed E-state index contributed by atoms with van der Waals surface area (Å²) in [4.78, 5) is 33.6. The summed E-state index contributed by atoms with van der Waals surface area (Å²) in [5, 5.41) is 0. The maximum absolute atomic E-state index is 2.56. The van der Waals surface area contributed by atoms with Crippen molar-refractivity contribution in [1.82, 2.24) is 0 Å². The normalized spacial score (nSPS) is 15.9. The Balaban J connectivity index is 0.000000137. The zero-order valence-electron chi connectivity index (χ0n) is 50.8. The molecule has 12 heterocycles. The van der Waals surface area contributed by atoms with Gasteiger partial charge in [-0.25, -0.2) is 0 Å². The van der Waals surface area contributed by atoms with E-state index in [1.807, 2.05) is 136 Å². The molecule has 0 radical (unpaired) electrons. The van der Waals surface area contributed by atoms with Gasteiger partial charge in [0.1, 0.15) is 0 Å². The van der Waals surface area contributed by atoms with Crippen molar-refractivity contribution in [3.63, 3.8) is 0 Å². The van der Waals surface area contributed by atoms with Crippen molar-refractivity contribution in [2.45, 2.75) is 106 Å². The van der Waals surface area contributed by atoms with Crippen LogP contribution in [0.3, 0.4) is 0 Å². The predicted octanol–water partition coefficient (Wildman–Crippen LogP) is 28.2. The summed E-state index contributed by atoms with van der Waals surface area (Å²) in [5.74, 6) is 0.836. The first-order chi connectivity index (χ1) is 42.3. The molecule has 0 N–H and O–H groups in total. The van der Waals surface area contributed by atoms with Crippen molar-refractivity contribution < 1.29 is 0 Å². The number of fused-ring (bicyclic) bond motifs is 12. The van der Waals surface area contributed by atoms with Crippen LogP contribution in [0.5, 0.6) is 0 Å². The molecule has 0 nitrogen and oxygen atoms in total. The standard InChI is InChI=1S/2C38H30S6/c1-19-7-9-27(39-19)29-11-13-31(41-29)33-17-25-35(43-33)21-15-24-22(16-23(21)37(25,3)4)36-26(38(24,5)6)18-34(44-36)32-14-12-30(42-32)28-10-8-20(2)40-28;1-17-7-9-25(39-17)27-11-13-29(41-27)31-15-23-19(3)33-22(6)36-34(21(5)35(33)37(23)43-31)20(4)24-16-32(44-38(24)36)30-14-12-28(42-30)26-10-8-18(2)40-26/h7-18H,1-6H3;7-16,19-20H,1-6H3. The highest BCUT2D eigenvalue weighted by Gasteiger charge is 2.45. The summed E-state index contributed by atoms with van der Waals surface area (Å²) < 4.78 is 0. The second kappa shape index (κ2) is 20.7. The quantitative estimate of drug-likeness (QED) is 0.142.